The second-order valence-corrected chi connectivity index (χ2v) is 8.27. The Morgan fingerprint density at radius 1 is 0.974 bits per heavy atom. The summed E-state index contributed by atoms with van der Waals surface area (Å²) in [6.45, 7) is 0.219. The van der Waals surface area contributed by atoms with E-state index in [9.17, 15) is 19.6 Å². The molecule has 0 saturated carbocycles. The lowest BCUT2D eigenvalue weighted by atomic mass is 10.1. The van der Waals surface area contributed by atoms with Crippen molar-refractivity contribution < 1.29 is 37.7 Å². The van der Waals surface area contributed by atoms with Gasteiger partial charge < -0.3 is 23.8 Å². The number of esters is 2. The zero-order chi connectivity index (χ0) is 27.4. The van der Waals surface area contributed by atoms with Gasteiger partial charge in [-0.3, -0.25) is 14.2 Å². The number of hydrogen-bond acceptors (Lipinski definition) is 10. The fourth-order valence-corrected chi connectivity index (χ4v) is 3.83. The molecule has 5 rings (SSSR count). The van der Waals surface area contributed by atoms with E-state index in [1.54, 1.807) is 54.6 Å². The van der Waals surface area contributed by atoms with Gasteiger partial charge >= 0.3 is 11.9 Å². The Balaban J connectivity index is 1.35. The van der Waals surface area contributed by atoms with Gasteiger partial charge in [0.15, 0.2) is 18.6 Å². The molecule has 5 aromatic rings. The lowest BCUT2D eigenvalue weighted by Gasteiger charge is -2.11. The molecular weight excluding hydrogens is 508 g/mol. The Hall–Kier alpha value is -5.45. The summed E-state index contributed by atoms with van der Waals surface area (Å²) >= 11 is 0. The predicted molar refractivity (Wildman–Crippen MR) is 135 cm³/mol. The molecule has 0 fully saturated rings. The van der Waals surface area contributed by atoms with Crippen molar-refractivity contribution in [2.75, 3.05) is 6.61 Å². The van der Waals surface area contributed by atoms with Gasteiger partial charge in [-0.1, -0.05) is 60.7 Å². The van der Waals surface area contributed by atoms with Crippen LogP contribution >= 0.6 is 0 Å². The summed E-state index contributed by atoms with van der Waals surface area (Å²) in [5, 5.41) is 15.8. The van der Waals surface area contributed by atoms with Crippen LogP contribution < -0.4 is 19.8 Å². The van der Waals surface area contributed by atoms with E-state index < -0.39 is 30.6 Å². The maximum absolute atomic E-state index is 12.9. The van der Waals surface area contributed by atoms with Gasteiger partial charge in [-0.15, -0.1) is 0 Å². The number of ether oxygens (including phenoxy) is 3. The van der Waals surface area contributed by atoms with Crippen LogP contribution in [-0.2, 0) is 20.9 Å². The highest BCUT2D eigenvalue weighted by Gasteiger charge is 2.23. The molecule has 11 nitrogen and oxygen atoms in total. The minimum absolute atomic E-state index is 0.00705. The van der Waals surface area contributed by atoms with Crippen molar-refractivity contribution in [3.05, 3.63) is 100.0 Å². The fourth-order valence-electron chi connectivity index (χ4n) is 3.83. The fraction of sp³-hybridized carbons (Fsp3) is 0.107. The van der Waals surface area contributed by atoms with Gasteiger partial charge in [0.2, 0.25) is 5.69 Å². The topological polar surface area (TPSA) is 145 Å². The van der Waals surface area contributed by atoms with Crippen LogP contribution in [0.1, 0.15) is 12.6 Å². The molecule has 0 spiro atoms. The van der Waals surface area contributed by atoms with E-state index in [-0.39, 0.29) is 38.8 Å². The quantitative estimate of drug-likeness (QED) is 0.166. The van der Waals surface area contributed by atoms with Crippen LogP contribution in [0.2, 0.25) is 0 Å². The van der Waals surface area contributed by atoms with Gasteiger partial charge in [-0.25, -0.2) is 4.79 Å². The molecule has 196 valence electrons. The number of benzene rings is 3. The zero-order valence-corrected chi connectivity index (χ0v) is 20.5. The van der Waals surface area contributed by atoms with Crippen molar-refractivity contribution in [3.8, 4) is 34.1 Å². The van der Waals surface area contributed by atoms with Crippen LogP contribution in [0, 0.1) is 5.21 Å². The summed E-state index contributed by atoms with van der Waals surface area (Å²) in [5.74, 6) is -1.16. The smallest absolute Gasteiger partial charge is 0.344 e. The summed E-state index contributed by atoms with van der Waals surface area (Å²) in [4.78, 5) is 37.2. The van der Waals surface area contributed by atoms with Crippen LogP contribution in [0.3, 0.4) is 0 Å². The Bertz CT molecular complexity index is 1710. The molecule has 0 N–H and O–H groups in total. The van der Waals surface area contributed by atoms with E-state index in [0.717, 1.165) is 0 Å². The molecule has 0 aliphatic heterocycles. The van der Waals surface area contributed by atoms with Gasteiger partial charge in [0, 0.05) is 41.4 Å². The van der Waals surface area contributed by atoms with E-state index in [2.05, 4.69) is 9.79 Å². The Kier molecular flexibility index (Phi) is 7.04. The first-order valence-electron chi connectivity index (χ1n) is 11.7. The van der Waals surface area contributed by atoms with Crippen molar-refractivity contribution in [2.24, 2.45) is 0 Å². The van der Waals surface area contributed by atoms with Gasteiger partial charge in [0.05, 0.1) is 0 Å². The van der Waals surface area contributed by atoms with Crippen LogP contribution in [0.4, 0.5) is 0 Å². The molecule has 39 heavy (non-hydrogen) atoms. The van der Waals surface area contributed by atoms with E-state index in [1.807, 2.05) is 6.07 Å². The monoisotopic (exact) mass is 528 g/mol. The molecule has 0 amide bonds. The second-order valence-electron chi connectivity index (χ2n) is 8.27. The van der Waals surface area contributed by atoms with Gasteiger partial charge in [-0.05, 0) is 4.90 Å². The first-order valence-corrected chi connectivity index (χ1v) is 11.7. The van der Waals surface area contributed by atoms with Crippen LogP contribution in [-0.4, -0.2) is 23.7 Å². The number of nitrogens with zero attached hydrogens (tertiary/aromatic N) is 2. The summed E-state index contributed by atoms with van der Waals surface area (Å²) in [7, 11) is 0. The number of carbonyl (C=O) groups is 2. The van der Waals surface area contributed by atoms with Crippen LogP contribution in [0.5, 0.6) is 11.5 Å². The molecule has 3 aromatic carbocycles. The van der Waals surface area contributed by atoms with E-state index in [1.165, 1.54) is 25.1 Å². The van der Waals surface area contributed by atoms with Crippen LogP contribution in [0.15, 0.2) is 92.7 Å². The highest BCUT2D eigenvalue weighted by molar-refractivity contribution is 5.88. The number of hydrogen-bond donors (Lipinski definition) is 0. The van der Waals surface area contributed by atoms with Gasteiger partial charge in [-0.2, -0.15) is 0 Å². The third-order valence-electron chi connectivity index (χ3n) is 5.55. The molecule has 0 aliphatic carbocycles. The molecule has 2 aromatic heterocycles. The second kappa shape index (κ2) is 10.9. The molecule has 0 bridgehead atoms. The molecule has 0 radical (unpaired) electrons. The van der Waals surface area contributed by atoms with Crippen molar-refractivity contribution in [1.29, 1.82) is 0 Å². The average Bonchev–Trinajstić information content (AvgIpc) is 3.31. The van der Waals surface area contributed by atoms with Gasteiger partial charge in [0.25, 0.3) is 5.69 Å². The lowest BCUT2D eigenvalue weighted by molar-refractivity contribution is -0.808. The molecule has 11 heteroatoms. The van der Waals surface area contributed by atoms with Crippen molar-refractivity contribution in [2.45, 2.75) is 13.5 Å². The molecule has 0 saturated heterocycles. The SMILES string of the molecule is CC(=O)Oc1cc(OCC(=O)OCc2c(-c3ccccc3)no[n+]2[O-])cc2oc(-c3ccccc3)cc(=O)c12. The molecule has 0 atom stereocenters. The first-order chi connectivity index (χ1) is 18.9. The van der Waals surface area contributed by atoms with Crippen LogP contribution in [0.25, 0.3) is 33.6 Å². The minimum Gasteiger partial charge on any atom is -0.482 e. The summed E-state index contributed by atoms with van der Waals surface area (Å²) < 4.78 is 26.5. The normalized spacial score (nSPS) is 10.8. The Labute approximate surface area is 220 Å². The largest absolute Gasteiger partial charge is 0.482 e. The maximum atomic E-state index is 12.9. The van der Waals surface area contributed by atoms with Gasteiger partial charge in [0.1, 0.15) is 28.2 Å². The Morgan fingerprint density at radius 2 is 1.67 bits per heavy atom. The number of carbonyl (C=O) groups excluding carboxylic acids is 2. The standard InChI is InChI=1S/C28H20N2O9/c1-17(31)37-24-12-20(13-25-27(24)22(32)14-23(38-25)18-8-4-2-5-9-18)35-16-26(33)36-15-21-28(29-39-30(21)34)19-10-6-3-7-11-19/h2-14H,15-16H2,1H3. The van der Waals surface area contributed by atoms with Crippen molar-refractivity contribution in [1.82, 2.24) is 5.16 Å². The minimum atomic E-state index is -0.802. The third-order valence-corrected chi connectivity index (χ3v) is 5.55. The molecular formula is C28H20N2O9. The van der Waals surface area contributed by atoms with Crippen molar-refractivity contribution in [3.63, 3.8) is 0 Å². The lowest BCUT2D eigenvalue weighted by Crippen LogP contribution is -2.29. The highest BCUT2D eigenvalue weighted by atomic mass is 16.8. The van der Waals surface area contributed by atoms with Crippen molar-refractivity contribution >= 4 is 22.9 Å². The number of aromatic nitrogens is 2. The number of rotatable bonds is 8. The third kappa shape index (κ3) is 5.62. The molecule has 0 aliphatic rings. The average molecular weight is 528 g/mol. The maximum Gasteiger partial charge on any atom is 0.344 e. The highest BCUT2D eigenvalue weighted by Crippen LogP contribution is 2.32. The summed E-state index contributed by atoms with van der Waals surface area (Å²) in [6.07, 6.45) is 0. The predicted octanol–water partition coefficient (Wildman–Crippen LogP) is 3.80. The number of fused-ring (bicyclic) bond motifs is 1. The molecule has 0 unspecified atom stereocenters. The van der Waals surface area contributed by atoms with E-state index >= 15 is 0 Å². The first kappa shape index (κ1) is 25.2. The molecule has 2 heterocycles. The van der Waals surface area contributed by atoms with E-state index in [4.69, 9.17) is 18.6 Å². The summed E-state index contributed by atoms with van der Waals surface area (Å²) in [6, 6.07) is 21.8. The summed E-state index contributed by atoms with van der Waals surface area (Å²) in [5.41, 5.74) is 1.19. The Morgan fingerprint density at radius 3 is 2.36 bits per heavy atom. The van der Waals surface area contributed by atoms with E-state index in [0.29, 0.717) is 16.9 Å². The zero-order valence-electron chi connectivity index (χ0n) is 20.5.